The fourth-order valence-electron chi connectivity index (χ4n) is 1.69. The maximum atomic E-state index is 12.4. The molecular weight excluding hydrogens is 310 g/mol. The minimum absolute atomic E-state index is 0.0419. The first-order valence-electron chi connectivity index (χ1n) is 6.23. The van der Waals surface area contributed by atoms with E-state index >= 15 is 0 Å². The van der Waals surface area contributed by atoms with Crippen LogP contribution in [0.2, 0.25) is 0 Å². The Labute approximate surface area is 122 Å². The van der Waals surface area contributed by atoms with Crippen LogP contribution >= 0.6 is 15.9 Å². The lowest BCUT2D eigenvalue weighted by atomic mass is 10.2. The second kappa shape index (κ2) is 9.07. The van der Waals surface area contributed by atoms with Gasteiger partial charge < -0.3 is 14.4 Å². The fraction of sp³-hybridized carbons (Fsp3) is 0.500. The molecule has 0 N–H and O–H groups in total. The highest BCUT2D eigenvalue weighted by Gasteiger charge is 2.21. The van der Waals surface area contributed by atoms with E-state index in [2.05, 4.69) is 15.9 Å². The van der Waals surface area contributed by atoms with Crippen molar-refractivity contribution in [1.82, 2.24) is 4.90 Å². The summed E-state index contributed by atoms with van der Waals surface area (Å²) in [6.07, 6.45) is -0.277. The summed E-state index contributed by atoms with van der Waals surface area (Å²) >= 11 is 3.31. The number of hydrogen-bond acceptors (Lipinski definition) is 3. The summed E-state index contributed by atoms with van der Waals surface area (Å²) in [5, 5.41) is 0.745. The van der Waals surface area contributed by atoms with Crippen LogP contribution in [0.3, 0.4) is 0 Å². The SMILES string of the molecule is COCCN(C(=O)c1ccccc1)C(C)OCCBr. The molecule has 0 fully saturated rings. The number of methoxy groups -OCH3 is 1. The Morgan fingerprint density at radius 1 is 1.32 bits per heavy atom. The van der Waals surface area contributed by atoms with Crippen LogP contribution in [0.25, 0.3) is 0 Å². The van der Waals surface area contributed by atoms with Crippen molar-refractivity contribution < 1.29 is 14.3 Å². The quantitative estimate of drug-likeness (QED) is 0.543. The molecular formula is C14H20BrNO3. The molecule has 19 heavy (non-hydrogen) atoms. The van der Waals surface area contributed by atoms with Crippen LogP contribution in [0, 0.1) is 0 Å². The highest BCUT2D eigenvalue weighted by atomic mass is 79.9. The number of benzene rings is 1. The monoisotopic (exact) mass is 329 g/mol. The molecule has 106 valence electrons. The number of alkyl halides is 1. The molecule has 1 atom stereocenters. The second-order valence-electron chi connectivity index (χ2n) is 4.02. The summed E-state index contributed by atoms with van der Waals surface area (Å²) in [5.74, 6) is -0.0419. The number of nitrogens with zero attached hydrogens (tertiary/aromatic N) is 1. The molecule has 4 nitrogen and oxygen atoms in total. The Morgan fingerprint density at radius 3 is 2.58 bits per heavy atom. The van der Waals surface area contributed by atoms with Crippen molar-refractivity contribution in [3.63, 3.8) is 0 Å². The summed E-state index contributed by atoms with van der Waals surface area (Å²) in [4.78, 5) is 14.1. The van der Waals surface area contributed by atoms with Gasteiger partial charge in [-0.25, -0.2) is 0 Å². The van der Waals surface area contributed by atoms with Crippen molar-refractivity contribution in [3.8, 4) is 0 Å². The molecule has 0 bridgehead atoms. The second-order valence-corrected chi connectivity index (χ2v) is 4.81. The zero-order valence-electron chi connectivity index (χ0n) is 11.3. The number of hydrogen-bond donors (Lipinski definition) is 0. The van der Waals surface area contributed by atoms with E-state index in [0.717, 1.165) is 5.33 Å². The van der Waals surface area contributed by atoms with Gasteiger partial charge in [0.1, 0.15) is 6.23 Å². The Balaban J connectivity index is 2.75. The number of carbonyl (C=O) groups excluding carboxylic acids is 1. The molecule has 1 amide bonds. The maximum absolute atomic E-state index is 12.4. The van der Waals surface area contributed by atoms with E-state index in [9.17, 15) is 4.79 Å². The van der Waals surface area contributed by atoms with Crippen LogP contribution in [0.4, 0.5) is 0 Å². The lowest BCUT2D eigenvalue weighted by molar-refractivity contribution is -0.0350. The zero-order chi connectivity index (χ0) is 14.1. The zero-order valence-corrected chi connectivity index (χ0v) is 12.9. The van der Waals surface area contributed by atoms with Crippen molar-refractivity contribution in [3.05, 3.63) is 35.9 Å². The lowest BCUT2D eigenvalue weighted by Crippen LogP contribution is -2.42. The van der Waals surface area contributed by atoms with Gasteiger partial charge in [-0.3, -0.25) is 4.79 Å². The van der Waals surface area contributed by atoms with Crippen LogP contribution in [-0.2, 0) is 9.47 Å². The minimum Gasteiger partial charge on any atom is -0.383 e. The molecule has 1 rings (SSSR count). The van der Waals surface area contributed by atoms with E-state index in [-0.39, 0.29) is 12.1 Å². The average Bonchev–Trinajstić information content (AvgIpc) is 2.46. The van der Waals surface area contributed by atoms with E-state index in [1.54, 1.807) is 24.1 Å². The number of amides is 1. The molecule has 1 unspecified atom stereocenters. The minimum atomic E-state index is -0.277. The first-order chi connectivity index (χ1) is 9.20. The Bertz CT molecular complexity index is 372. The van der Waals surface area contributed by atoms with E-state index in [1.165, 1.54) is 0 Å². The number of halogens is 1. The molecule has 0 aliphatic rings. The van der Waals surface area contributed by atoms with Gasteiger partial charge in [-0.05, 0) is 19.1 Å². The highest BCUT2D eigenvalue weighted by Crippen LogP contribution is 2.09. The number of carbonyl (C=O) groups is 1. The molecule has 0 saturated carbocycles. The third kappa shape index (κ3) is 5.30. The van der Waals surface area contributed by atoms with Gasteiger partial charge in [0.05, 0.1) is 13.2 Å². The third-order valence-electron chi connectivity index (χ3n) is 2.69. The van der Waals surface area contributed by atoms with Crippen LogP contribution in [0.15, 0.2) is 30.3 Å². The molecule has 1 aromatic carbocycles. The maximum Gasteiger partial charge on any atom is 0.255 e. The van der Waals surface area contributed by atoms with E-state index in [4.69, 9.17) is 9.47 Å². The van der Waals surface area contributed by atoms with E-state index in [0.29, 0.717) is 25.3 Å². The molecule has 0 aromatic heterocycles. The third-order valence-corrected chi connectivity index (χ3v) is 3.02. The van der Waals surface area contributed by atoms with Crippen LogP contribution in [0.1, 0.15) is 17.3 Å². The summed E-state index contributed by atoms with van der Waals surface area (Å²) in [5.41, 5.74) is 0.660. The van der Waals surface area contributed by atoms with Gasteiger partial charge in [-0.1, -0.05) is 34.1 Å². The van der Waals surface area contributed by atoms with Crippen LogP contribution < -0.4 is 0 Å². The largest absolute Gasteiger partial charge is 0.383 e. The Hall–Kier alpha value is -0.910. The predicted molar refractivity (Wildman–Crippen MR) is 78.6 cm³/mol. The molecule has 5 heteroatoms. The molecule has 0 radical (unpaired) electrons. The van der Waals surface area contributed by atoms with E-state index < -0.39 is 0 Å². The first kappa shape index (κ1) is 16.1. The normalized spacial score (nSPS) is 12.2. The lowest BCUT2D eigenvalue weighted by Gasteiger charge is -2.29. The summed E-state index contributed by atoms with van der Waals surface area (Å²) < 4.78 is 10.6. The van der Waals surface area contributed by atoms with Gasteiger partial charge in [0.2, 0.25) is 0 Å². The van der Waals surface area contributed by atoms with Crippen LogP contribution in [-0.4, -0.2) is 49.2 Å². The Morgan fingerprint density at radius 2 is 2.00 bits per heavy atom. The highest BCUT2D eigenvalue weighted by molar-refractivity contribution is 9.09. The van der Waals surface area contributed by atoms with Crippen molar-refractivity contribution in [1.29, 1.82) is 0 Å². The van der Waals surface area contributed by atoms with E-state index in [1.807, 2.05) is 25.1 Å². The summed E-state index contributed by atoms with van der Waals surface area (Å²) in [6.45, 7) is 3.43. The molecule has 0 saturated heterocycles. The summed E-state index contributed by atoms with van der Waals surface area (Å²) in [7, 11) is 1.62. The van der Waals surface area contributed by atoms with Gasteiger partial charge in [-0.15, -0.1) is 0 Å². The van der Waals surface area contributed by atoms with Crippen molar-refractivity contribution in [2.75, 3.05) is 32.2 Å². The van der Waals surface area contributed by atoms with Gasteiger partial charge in [0, 0.05) is 24.5 Å². The topological polar surface area (TPSA) is 38.8 Å². The van der Waals surface area contributed by atoms with Gasteiger partial charge >= 0.3 is 0 Å². The van der Waals surface area contributed by atoms with Crippen molar-refractivity contribution in [2.24, 2.45) is 0 Å². The number of rotatable bonds is 8. The predicted octanol–water partition coefficient (Wildman–Crippen LogP) is 2.53. The molecule has 0 aliphatic carbocycles. The number of ether oxygens (including phenoxy) is 2. The summed E-state index contributed by atoms with van der Waals surface area (Å²) in [6, 6.07) is 9.21. The molecule has 0 heterocycles. The molecule has 1 aromatic rings. The van der Waals surface area contributed by atoms with Gasteiger partial charge in [0.25, 0.3) is 5.91 Å². The molecule has 0 aliphatic heterocycles. The van der Waals surface area contributed by atoms with Crippen molar-refractivity contribution >= 4 is 21.8 Å². The Kier molecular flexibility index (Phi) is 7.70. The van der Waals surface area contributed by atoms with Crippen molar-refractivity contribution in [2.45, 2.75) is 13.2 Å². The average molecular weight is 330 g/mol. The fourth-order valence-corrected chi connectivity index (χ4v) is 1.88. The van der Waals surface area contributed by atoms with Crippen LogP contribution in [0.5, 0.6) is 0 Å². The molecule has 0 spiro atoms. The van der Waals surface area contributed by atoms with Gasteiger partial charge in [0.15, 0.2) is 0 Å². The standard InChI is InChI=1S/C14H20BrNO3/c1-12(19-10-8-15)16(9-11-18-2)14(17)13-6-4-3-5-7-13/h3-7,12H,8-11H2,1-2H3. The smallest absolute Gasteiger partial charge is 0.255 e. The first-order valence-corrected chi connectivity index (χ1v) is 7.35. The van der Waals surface area contributed by atoms with Gasteiger partial charge in [-0.2, -0.15) is 0 Å².